The molecule has 2 rings (SSSR count). The second-order valence-corrected chi connectivity index (χ2v) is 7.27. The average molecular weight is 331 g/mol. The third kappa shape index (κ3) is 3.99. The van der Waals surface area contributed by atoms with Crippen LogP contribution in [-0.4, -0.2) is 14.2 Å². The van der Waals surface area contributed by atoms with Crippen LogP contribution in [0.3, 0.4) is 0 Å². The fourth-order valence-electron chi connectivity index (χ4n) is 2.29. The van der Waals surface area contributed by atoms with Gasteiger partial charge in [-0.3, -0.25) is 9.52 Å². The summed E-state index contributed by atoms with van der Waals surface area (Å²) >= 11 is 0. The van der Waals surface area contributed by atoms with Gasteiger partial charge in [0.25, 0.3) is 10.0 Å². The van der Waals surface area contributed by atoms with E-state index in [1.807, 2.05) is 12.1 Å². The average Bonchev–Trinajstić information content (AvgIpc) is 2.54. The molecule has 4 nitrogen and oxygen atoms in total. The summed E-state index contributed by atoms with van der Waals surface area (Å²) in [6.45, 7) is 5.61. The Bertz CT molecular complexity index is 795. The van der Waals surface area contributed by atoms with Crippen molar-refractivity contribution in [2.75, 3.05) is 4.72 Å². The summed E-state index contributed by atoms with van der Waals surface area (Å²) in [7, 11) is -3.72. The Labute approximate surface area is 137 Å². The van der Waals surface area contributed by atoms with Gasteiger partial charge in [-0.25, -0.2) is 8.42 Å². The number of nitrogens with one attached hydrogen (secondary N) is 1. The minimum atomic E-state index is -3.72. The lowest BCUT2D eigenvalue weighted by Crippen LogP contribution is -2.15. The van der Waals surface area contributed by atoms with Crippen molar-refractivity contribution in [1.29, 1.82) is 0 Å². The highest BCUT2D eigenvalue weighted by Gasteiger charge is 2.17. The lowest BCUT2D eigenvalue weighted by atomic mass is 9.99. The Morgan fingerprint density at radius 2 is 1.70 bits per heavy atom. The predicted octanol–water partition coefficient (Wildman–Crippen LogP) is 4.20. The summed E-state index contributed by atoms with van der Waals surface area (Å²) in [4.78, 5) is 11.8. The van der Waals surface area contributed by atoms with E-state index in [0.717, 1.165) is 12.0 Å². The first-order chi connectivity index (χ1) is 10.8. The first-order valence-corrected chi connectivity index (χ1v) is 9.06. The summed E-state index contributed by atoms with van der Waals surface area (Å²) in [5.74, 6) is 0.202. The Morgan fingerprint density at radius 1 is 1.09 bits per heavy atom. The molecule has 23 heavy (non-hydrogen) atoms. The normalized spacial score (nSPS) is 12.7. The predicted molar refractivity (Wildman–Crippen MR) is 92.4 cm³/mol. The maximum Gasteiger partial charge on any atom is 0.261 e. The molecule has 1 atom stereocenters. The van der Waals surface area contributed by atoms with Gasteiger partial charge in [0.2, 0.25) is 0 Å². The van der Waals surface area contributed by atoms with E-state index in [-0.39, 0.29) is 10.7 Å². The van der Waals surface area contributed by atoms with E-state index in [2.05, 4.69) is 18.6 Å². The van der Waals surface area contributed by atoms with E-state index in [0.29, 0.717) is 17.2 Å². The fraction of sp³-hybridized carbons (Fsp3) is 0.278. The molecule has 0 radical (unpaired) electrons. The van der Waals surface area contributed by atoms with Crippen LogP contribution in [0, 0.1) is 0 Å². The topological polar surface area (TPSA) is 63.2 Å². The number of sulfonamides is 1. The van der Waals surface area contributed by atoms with Gasteiger partial charge >= 0.3 is 0 Å². The van der Waals surface area contributed by atoms with Gasteiger partial charge in [0.15, 0.2) is 5.78 Å². The molecule has 0 amide bonds. The largest absolute Gasteiger partial charge is 0.294 e. The number of hydrogen-bond acceptors (Lipinski definition) is 3. The number of Topliss-reactive ketones (excluding diaryl/α,β-unsaturated/α-hetero) is 1. The van der Waals surface area contributed by atoms with Crippen molar-refractivity contribution in [3.8, 4) is 0 Å². The minimum Gasteiger partial charge on any atom is -0.294 e. The van der Waals surface area contributed by atoms with Gasteiger partial charge in [-0.05, 0) is 49.1 Å². The van der Waals surface area contributed by atoms with Crippen LogP contribution in [0.1, 0.15) is 49.0 Å². The van der Waals surface area contributed by atoms with E-state index in [4.69, 9.17) is 0 Å². The van der Waals surface area contributed by atoms with Gasteiger partial charge < -0.3 is 0 Å². The van der Waals surface area contributed by atoms with Crippen LogP contribution in [0.25, 0.3) is 0 Å². The molecule has 0 aliphatic carbocycles. The van der Waals surface area contributed by atoms with Gasteiger partial charge in [-0.2, -0.15) is 0 Å². The van der Waals surface area contributed by atoms with Crippen molar-refractivity contribution in [2.45, 2.75) is 38.0 Å². The lowest BCUT2D eigenvalue weighted by molar-refractivity contribution is 0.101. The minimum absolute atomic E-state index is 0.183. The molecule has 0 aromatic heterocycles. The van der Waals surface area contributed by atoms with Crippen molar-refractivity contribution in [3.05, 3.63) is 59.7 Å². The molecule has 0 fully saturated rings. The molecule has 0 aliphatic heterocycles. The van der Waals surface area contributed by atoms with Crippen LogP contribution in [0.15, 0.2) is 53.4 Å². The van der Waals surface area contributed by atoms with Gasteiger partial charge in [0.1, 0.15) is 0 Å². The molecular weight excluding hydrogens is 310 g/mol. The molecule has 0 unspecified atom stereocenters. The highest BCUT2D eigenvalue weighted by molar-refractivity contribution is 7.92. The summed E-state index contributed by atoms with van der Waals surface area (Å²) < 4.78 is 27.5. The highest BCUT2D eigenvalue weighted by atomic mass is 32.2. The summed E-state index contributed by atoms with van der Waals surface area (Å²) in [5, 5.41) is 0. The summed E-state index contributed by atoms with van der Waals surface area (Å²) in [6.07, 6.45) is 0.996. The number of benzene rings is 2. The molecule has 0 saturated carbocycles. The first-order valence-electron chi connectivity index (χ1n) is 7.58. The third-order valence-corrected chi connectivity index (χ3v) is 5.30. The van der Waals surface area contributed by atoms with Gasteiger partial charge in [-0.1, -0.05) is 38.1 Å². The van der Waals surface area contributed by atoms with Crippen LogP contribution in [-0.2, 0) is 10.0 Å². The molecule has 0 saturated heterocycles. The smallest absolute Gasteiger partial charge is 0.261 e. The van der Waals surface area contributed by atoms with E-state index < -0.39 is 10.0 Å². The van der Waals surface area contributed by atoms with Crippen LogP contribution in [0.4, 0.5) is 5.69 Å². The SMILES string of the molecule is CC[C@@H](C)c1ccc(S(=O)(=O)Nc2ccccc2C(C)=O)cc1. The molecule has 0 spiro atoms. The van der Waals surface area contributed by atoms with Crippen molar-refractivity contribution in [2.24, 2.45) is 0 Å². The number of hydrogen-bond donors (Lipinski definition) is 1. The molecule has 5 heteroatoms. The maximum atomic E-state index is 12.5. The van der Waals surface area contributed by atoms with E-state index in [1.165, 1.54) is 6.92 Å². The molecule has 0 aliphatic rings. The lowest BCUT2D eigenvalue weighted by Gasteiger charge is -2.13. The van der Waals surface area contributed by atoms with E-state index in [9.17, 15) is 13.2 Å². The first kappa shape index (κ1) is 17.2. The Hall–Kier alpha value is -2.14. The third-order valence-electron chi connectivity index (χ3n) is 3.92. The second-order valence-electron chi connectivity index (χ2n) is 5.59. The van der Waals surface area contributed by atoms with Gasteiger partial charge in [0, 0.05) is 5.56 Å². The van der Waals surface area contributed by atoms with Crippen LogP contribution in [0.5, 0.6) is 0 Å². The monoisotopic (exact) mass is 331 g/mol. The zero-order valence-corrected chi connectivity index (χ0v) is 14.4. The van der Waals surface area contributed by atoms with E-state index >= 15 is 0 Å². The number of rotatable bonds is 6. The quantitative estimate of drug-likeness (QED) is 0.807. The molecule has 0 bridgehead atoms. The number of carbonyl (C=O) groups is 1. The summed E-state index contributed by atoms with van der Waals surface area (Å²) in [6, 6.07) is 13.4. The van der Waals surface area contributed by atoms with Crippen LogP contribution < -0.4 is 4.72 Å². The second kappa shape index (κ2) is 6.96. The number of ketones is 1. The standard InChI is InChI=1S/C18H21NO3S/c1-4-13(2)15-9-11-16(12-10-15)23(21,22)19-18-8-6-5-7-17(18)14(3)20/h5-13,19H,4H2,1-3H3/t13-/m1/s1. The molecular formula is C18H21NO3S. The molecule has 0 heterocycles. The number of carbonyl (C=O) groups excluding carboxylic acids is 1. The molecule has 122 valence electrons. The summed E-state index contributed by atoms with van der Waals surface area (Å²) in [5.41, 5.74) is 1.76. The zero-order chi connectivity index (χ0) is 17.0. The zero-order valence-electron chi connectivity index (χ0n) is 13.5. The van der Waals surface area contributed by atoms with Crippen LogP contribution >= 0.6 is 0 Å². The Kier molecular flexibility index (Phi) is 5.21. The molecule has 1 N–H and O–H groups in total. The fourth-order valence-corrected chi connectivity index (χ4v) is 3.37. The van der Waals surface area contributed by atoms with E-state index in [1.54, 1.807) is 36.4 Å². The Balaban J connectivity index is 2.31. The van der Waals surface area contributed by atoms with Gasteiger partial charge in [0.05, 0.1) is 10.6 Å². The van der Waals surface area contributed by atoms with Crippen molar-refractivity contribution >= 4 is 21.5 Å². The highest BCUT2D eigenvalue weighted by Crippen LogP contribution is 2.23. The van der Waals surface area contributed by atoms with Crippen molar-refractivity contribution < 1.29 is 13.2 Å². The Morgan fingerprint density at radius 3 is 2.26 bits per heavy atom. The van der Waals surface area contributed by atoms with Crippen molar-refractivity contribution in [3.63, 3.8) is 0 Å². The van der Waals surface area contributed by atoms with Gasteiger partial charge in [-0.15, -0.1) is 0 Å². The molecule has 2 aromatic carbocycles. The van der Waals surface area contributed by atoms with Crippen LogP contribution in [0.2, 0.25) is 0 Å². The number of para-hydroxylation sites is 1. The van der Waals surface area contributed by atoms with Crippen molar-refractivity contribution in [1.82, 2.24) is 0 Å². The molecule has 2 aromatic rings. The number of anilines is 1. The maximum absolute atomic E-state index is 12.5.